The van der Waals surface area contributed by atoms with Gasteiger partial charge in [-0.05, 0) is 27.2 Å². The lowest BCUT2D eigenvalue weighted by Gasteiger charge is -2.39. The average Bonchev–Trinajstić information content (AvgIpc) is 2.52. The Labute approximate surface area is 146 Å². The summed E-state index contributed by atoms with van der Waals surface area (Å²) in [6.45, 7) is 12.4. The van der Waals surface area contributed by atoms with Crippen LogP contribution in [0.1, 0.15) is 27.2 Å². The highest BCUT2D eigenvalue weighted by Crippen LogP contribution is 2.16. The summed E-state index contributed by atoms with van der Waals surface area (Å²) >= 11 is 0. The van der Waals surface area contributed by atoms with Gasteiger partial charge in [0.2, 0.25) is 10.0 Å². The van der Waals surface area contributed by atoms with Crippen LogP contribution in [0.4, 0.5) is 0 Å². The third-order valence-corrected chi connectivity index (χ3v) is 4.57. The maximum atomic E-state index is 11.0. The Balaban J connectivity index is 2.43. The van der Waals surface area contributed by atoms with Crippen LogP contribution < -0.4 is 15.4 Å². The van der Waals surface area contributed by atoms with Crippen molar-refractivity contribution in [1.29, 1.82) is 0 Å². The molecule has 1 rings (SSSR count). The van der Waals surface area contributed by atoms with Crippen molar-refractivity contribution in [3.05, 3.63) is 0 Å². The Bertz CT molecular complexity index is 487. The number of morpholine rings is 1. The third-order valence-electron chi connectivity index (χ3n) is 3.85. The largest absolute Gasteiger partial charge is 0.379 e. The summed E-state index contributed by atoms with van der Waals surface area (Å²) in [7, 11) is -3.12. The fourth-order valence-electron chi connectivity index (χ4n) is 2.44. The molecule has 1 aliphatic heterocycles. The van der Waals surface area contributed by atoms with Crippen LogP contribution in [0.5, 0.6) is 0 Å². The quantitative estimate of drug-likeness (QED) is 0.293. The molecule has 0 aromatic heterocycles. The van der Waals surface area contributed by atoms with E-state index in [0.717, 1.165) is 38.8 Å². The molecule has 1 heterocycles. The van der Waals surface area contributed by atoms with Crippen molar-refractivity contribution in [2.75, 3.05) is 58.7 Å². The number of ether oxygens (including phenoxy) is 1. The van der Waals surface area contributed by atoms with Crippen LogP contribution in [0.15, 0.2) is 4.99 Å². The normalized spacial score (nSPS) is 17.8. The molecule has 3 N–H and O–H groups in total. The van der Waals surface area contributed by atoms with Gasteiger partial charge in [-0.25, -0.2) is 13.1 Å². The minimum Gasteiger partial charge on any atom is -0.379 e. The summed E-state index contributed by atoms with van der Waals surface area (Å²) < 4.78 is 29.9. The topological polar surface area (TPSA) is 95.1 Å². The zero-order valence-electron chi connectivity index (χ0n) is 15.4. The van der Waals surface area contributed by atoms with Crippen LogP contribution in [-0.4, -0.2) is 83.6 Å². The molecule has 8 nitrogen and oxygen atoms in total. The van der Waals surface area contributed by atoms with Gasteiger partial charge in [0, 0.05) is 38.3 Å². The number of sulfonamides is 1. The van der Waals surface area contributed by atoms with E-state index in [4.69, 9.17) is 4.74 Å². The van der Waals surface area contributed by atoms with Crippen molar-refractivity contribution in [3.8, 4) is 0 Å². The Morgan fingerprint density at radius 1 is 1.21 bits per heavy atom. The van der Waals surface area contributed by atoms with Gasteiger partial charge in [-0.2, -0.15) is 0 Å². The molecule has 1 fully saturated rings. The van der Waals surface area contributed by atoms with Crippen molar-refractivity contribution in [2.45, 2.75) is 32.7 Å². The number of rotatable bonds is 9. The summed E-state index contributed by atoms with van der Waals surface area (Å²) in [4.78, 5) is 7.08. The van der Waals surface area contributed by atoms with Gasteiger partial charge < -0.3 is 15.4 Å². The molecule has 0 aromatic carbocycles. The summed E-state index contributed by atoms with van der Waals surface area (Å²) in [5, 5.41) is 6.47. The maximum Gasteiger partial charge on any atom is 0.208 e. The molecule has 0 aliphatic carbocycles. The highest BCUT2D eigenvalue weighted by atomic mass is 32.2. The molecule has 0 atom stereocenters. The molecule has 0 radical (unpaired) electrons. The van der Waals surface area contributed by atoms with Crippen LogP contribution in [0.3, 0.4) is 0 Å². The zero-order valence-corrected chi connectivity index (χ0v) is 16.2. The standard InChI is InChI=1S/C15H33N5O3S/c1-5-16-14(17-7-6-8-19-24(4,21)22)18-13-15(2,3)20-9-11-23-12-10-20/h19H,5-13H2,1-4H3,(H2,16,17,18). The van der Waals surface area contributed by atoms with Crippen LogP contribution in [0.25, 0.3) is 0 Å². The molecular weight excluding hydrogens is 330 g/mol. The number of nitrogens with zero attached hydrogens (tertiary/aromatic N) is 2. The number of hydrogen-bond acceptors (Lipinski definition) is 5. The number of hydrogen-bond donors (Lipinski definition) is 3. The number of guanidine groups is 1. The van der Waals surface area contributed by atoms with Crippen LogP contribution >= 0.6 is 0 Å². The van der Waals surface area contributed by atoms with Crippen molar-refractivity contribution in [2.24, 2.45) is 4.99 Å². The predicted molar refractivity (Wildman–Crippen MR) is 97.9 cm³/mol. The van der Waals surface area contributed by atoms with E-state index in [9.17, 15) is 8.42 Å². The first-order valence-corrected chi connectivity index (χ1v) is 10.4. The molecule has 0 amide bonds. The molecule has 0 aromatic rings. The minimum atomic E-state index is -3.12. The average molecular weight is 364 g/mol. The molecule has 9 heteroatoms. The van der Waals surface area contributed by atoms with Crippen LogP contribution in [0.2, 0.25) is 0 Å². The van der Waals surface area contributed by atoms with E-state index in [1.54, 1.807) is 0 Å². The Kier molecular flexibility index (Phi) is 8.96. The molecule has 0 saturated carbocycles. The number of nitrogens with one attached hydrogen (secondary N) is 3. The van der Waals surface area contributed by atoms with Gasteiger partial charge in [-0.3, -0.25) is 9.89 Å². The first-order chi connectivity index (χ1) is 11.2. The molecule has 24 heavy (non-hydrogen) atoms. The second-order valence-electron chi connectivity index (χ2n) is 6.55. The zero-order chi connectivity index (χ0) is 18.1. The SMILES string of the molecule is CCNC(=NCC(C)(C)N1CCOCC1)NCCCNS(C)(=O)=O. The summed E-state index contributed by atoms with van der Waals surface area (Å²) in [5.74, 6) is 0.762. The molecular formula is C15H33N5O3S. The molecule has 0 bridgehead atoms. The van der Waals surface area contributed by atoms with Crippen LogP contribution in [-0.2, 0) is 14.8 Å². The van der Waals surface area contributed by atoms with E-state index in [0.29, 0.717) is 26.1 Å². The lowest BCUT2D eigenvalue weighted by Crippen LogP contribution is -2.52. The minimum absolute atomic E-state index is 0.0238. The predicted octanol–water partition coefficient (Wildman–Crippen LogP) is -0.408. The van der Waals surface area contributed by atoms with E-state index < -0.39 is 10.0 Å². The first-order valence-electron chi connectivity index (χ1n) is 8.54. The van der Waals surface area contributed by atoms with Crippen molar-refractivity contribution in [3.63, 3.8) is 0 Å². The van der Waals surface area contributed by atoms with Gasteiger partial charge in [-0.15, -0.1) is 0 Å². The maximum absolute atomic E-state index is 11.0. The van der Waals surface area contributed by atoms with E-state index in [2.05, 4.69) is 39.1 Å². The second kappa shape index (κ2) is 10.2. The fourth-order valence-corrected chi connectivity index (χ4v) is 2.95. The second-order valence-corrected chi connectivity index (χ2v) is 8.39. The van der Waals surface area contributed by atoms with Gasteiger partial charge in [-0.1, -0.05) is 0 Å². The first kappa shape index (κ1) is 21.1. The van der Waals surface area contributed by atoms with Gasteiger partial charge in [0.15, 0.2) is 5.96 Å². The smallest absolute Gasteiger partial charge is 0.208 e. The van der Waals surface area contributed by atoms with Crippen molar-refractivity contribution < 1.29 is 13.2 Å². The van der Waals surface area contributed by atoms with Crippen molar-refractivity contribution >= 4 is 16.0 Å². The molecule has 0 unspecified atom stereocenters. The Hall–Kier alpha value is -0.900. The molecule has 1 saturated heterocycles. The molecule has 142 valence electrons. The molecule has 1 aliphatic rings. The third kappa shape index (κ3) is 8.81. The van der Waals surface area contributed by atoms with E-state index in [-0.39, 0.29) is 5.54 Å². The summed E-state index contributed by atoms with van der Waals surface area (Å²) in [6, 6.07) is 0. The van der Waals surface area contributed by atoms with E-state index in [1.807, 2.05) is 6.92 Å². The fraction of sp³-hybridized carbons (Fsp3) is 0.933. The van der Waals surface area contributed by atoms with Gasteiger partial charge in [0.1, 0.15) is 0 Å². The lowest BCUT2D eigenvalue weighted by molar-refractivity contribution is -0.00683. The van der Waals surface area contributed by atoms with E-state index >= 15 is 0 Å². The summed E-state index contributed by atoms with van der Waals surface area (Å²) in [5.41, 5.74) is -0.0238. The van der Waals surface area contributed by atoms with Gasteiger partial charge in [0.25, 0.3) is 0 Å². The highest BCUT2D eigenvalue weighted by molar-refractivity contribution is 7.88. The van der Waals surface area contributed by atoms with E-state index in [1.165, 1.54) is 6.26 Å². The van der Waals surface area contributed by atoms with Gasteiger partial charge in [0.05, 0.1) is 26.0 Å². The molecule has 0 spiro atoms. The Morgan fingerprint density at radius 3 is 2.46 bits per heavy atom. The number of aliphatic imine (C=N–C) groups is 1. The lowest BCUT2D eigenvalue weighted by atomic mass is 10.0. The van der Waals surface area contributed by atoms with Gasteiger partial charge >= 0.3 is 0 Å². The Morgan fingerprint density at radius 2 is 1.88 bits per heavy atom. The monoisotopic (exact) mass is 363 g/mol. The van der Waals surface area contributed by atoms with Crippen molar-refractivity contribution in [1.82, 2.24) is 20.3 Å². The van der Waals surface area contributed by atoms with Crippen LogP contribution in [0, 0.1) is 0 Å². The summed E-state index contributed by atoms with van der Waals surface area (Å²) in [6.07, 6.45) is 1.87. The highest BCUT2D eigenvalue weighted by Gasteiger charge is 2.27.